The molecule has 1 amide bonds. The Labute approximate surface area is 156 Å². The Hall–Kier alpha value is -2.80. The molecule has 0 spiro atoms. The van der Waals surface area contributed by atoms with Gasteiger partial charge in [-0.25, -0.2) is 0 Å². The number of aromatic nitrogens is 2. The largest absolute Gasteiger partial charge is 0.497 e. The van der Waals surface area contributed by atoms with Gasteiger partial charge in [0.1, 0.15) is 5.75 Å². The van der Waals surface area contributed by atoms with Gasteiger partial charge in [0.2, 0.25) is 11.8 Å². The van der Waals surface area contributed by atoms with Crippen molar-refractivity contribution in [3.63, 3.8) is 0 Å². The third-order valence-electron chi connectivity index (χ3n) is 3.70. The number of hydrogen-bond donors (Lipinski definition) is 1. The van der Waals surface area contributed by atoms with Crippen LogP contribution in [0.3, 0.4) is 0 Å². The van der Waals surface area contributed by atoms with Gasteiger partial charge in [-0.3, -0.25) is 4.79 Å². The van der Waals surface area contributed by atoms with Crippen LogP contribution in [0.5, 0.6) is 5.75 Å². The van der Waals surface area contributed by atoms with Gasteiger partial charge in [-0.05, 0) is 36.8 Å². The number of thioether (sulfide) groups is 1. The second kappa shape index (κ2) is 8.53. The van der Waals surface area contributed by atoms with Crippen LogP contribution in [0, 0.1) is 0 Å². The Morgan fingerprint density at radius 3 is 2.58 bits per heavy atom. The number of carbonyl (C=O) groups is 1. The highest BCUT2D eigenvalue weighted by Crippen LogP contribution is 2.27. The molecule has 1 heterocycles. The van der Waals surface area contributed by atoms with Crippen molar-refractivity contribution >= 4 is 17.7 Å². The molecule has 0 unspecified atom stereocenters. The highest BCUT2D eigenvalue weighted by Gasteiger charge is 2.18. The second-order valence-electron chi connectivity index (χ2n) is 5.57. The normalized spacial score (nSPS) is 11.8. The topological polar surface area (TPSA) is 77.2 Å². The molecule has 2 aromatic carbocycles. The Morgan fingerprint density at radius 2 is 1.88 bits per heavy atom. The fraction of sp³-hybridized carbons (Fsp3) is 0.211. The zero-order valence-corrected chi connectivity index (χ0v) is 15.3. The quantitative estimate of drug-likeness (QED) is 0.642. The molecule has 1 atom stereocenters. The van der Waals surface area contributed by atoms with Crippen LogP contribution in [0.2, 0.25) is 0 Å². The van der Waals surface area contributed by atoms with Crippen LogP contribution in [0.15, 0.2) is 64.2 Å². The number of amides is 1. The third-order valence-corrected chi connectivity index (χ3v) is 4.63. The van der Waals surface area contributed by atoms with Crippen LogP contribution in [-0.2, 0) is 11.3 Å². The molecule has 1 aromatic heterocycles. The fourth-order valence-electron chi connectivity index (χ4n) is 2.24. The van der Waals surface area contributed by atoms with E-state index in [0.29, 0.717) is 17.7 Å². The van der Waals surface area contributed by atoms with Gasteiger partial charge in [-0.15, -0.1) is 10.2 Å². The van der Waals surface area contributed by atoms with E-state index in [1.165, 1.54) is 11.8 Å². The summed E-state index contributed by atoms with van der Waals surface area (Å²) in [7, 11) is 1.61. The van der Waals surface area contributed by atoms with Crippen LogP contribution in [0.25, 0.3) is 11.5 Å². The van der Waals surface area contributed by atoms with Crippen LogP contribution in [0.1, 0.15) is 12.5 Å². The smallest absolute Gasteiger partial charge is 0.277 e. The van der Waals surface area contributed by atoms with Crippen molar-refractivity contribution in [2.45, 2.75) is 23.9 Å². The van der Waals surface area contributed by atoms with Crippen LogP contribution in [-0.4, -0.2) is 28.5 Å². The van der Waals surface area contributed by atoms with E-state index in [9.17, 15) is 4.79 Å². The van der Waals surface area contributed by atoms with Gasteiger partial charge in [0.15, 0.2) is 0 Å². The lowest BCUT2D eigenvalue weighted by molar-refractivity contribution is -0.120. The van der Waals surface area contributed by atoms with Gasteiger partial charge in [0, 0.05) is 12.1 Å². The number of methoxy groups -OCH3 is 1. The second-order valence-corrected chi connectivity index (χ2v) is 6.86. The van der Waals surface area contributed by atoms with Crippen molar-refractivity contribution in [1.82, 2.24) is 15.5 Å². The maximum atomic E-state index is 12.2. The number of carbonyl (C=O) groups excluding carboxylic acids is 1. The molecule has 0 saturated carbocycles. The summed E-state index contributed by atoms with van der Waals surface area (Å²) in [5.41, 5.74) is 1.85. The standard InChI is InChI=1S/C19H19N3O3S/c1-13(17(23)20-12-14-6-4-3-5-7-14)26-19-22-21-18(25-19)15-8-10-16(24-2)11-9-15/h3-11,13H,12H2,1-2H3,(H,20,23)/t13-/m1/s1. The Morgan fingerprint density at radius 1 is 1.15 bits per heavy atom. The number of benzene rings is 2. The molecule has 0 radical (unpaired) electrons. The van der Waals surface area contributed by atoms with E-state index < -0.39 is 0 Å². The molecule has 0 bridgehead atoms. The maximum absolute atomic E-state index is 12.2. The van der Waals surface area contributed by atoms with Gasteiger partial charge in [0.25, 0.3) is 5.22 Å². The highest BCUT2D eigenvalue weighted by atomic mass is 32.2. The van der Waals surface area contributed by atoms with E-state index in [1.54, 1.807) is 7.11 Å². The average molecular weight is 369 g/mol. The van der Waals surface area contributed by atoms with E-state index in [0.717, 1.165) is 16.9 Å². The fourth-order valence-corrected chi connectivity index (χ4v) is 2.95. The summed E-state index contributed by atoms with van der Waals surface area (Å²) in [4.78, 5) is 12.2. The van der Waals surface area contributed by atoms with E-state index >= 15 is 0 Å². The van der Waals surface area contributed by atoms with E-state index in [4.69, 9.17) is 9.15 Å². The van der Waals surface area contributed by atoms with Crippen LogP contribution in [0.4, 0.5) is 0 Å². The molecule has 0 saturated heterocycles. The molecule has 0 fully saturated rings. The molecule has 7 heteroatoms. The van der Waals surface area contributed by atoms with Gasteiger partial charge < -0.3 is 14.5 Å². The molecule has 6 nitrogen and oxygen atoms in total. The van der Waals surface area contributed by atoms with E-state index in [1.807, 2.05) is 61.5 Å². The number of hydrogen-bond acceptors (Lipinski definition) is 6. The maximum Gasteiger partial charge on any atom is 0.277 e. The van der Waals surface area contributed by atoms with E-state index in [-0.39, 0.29) is 11.2 Å². The summed E-state index contributed by atoms with van der Waals surface area (Å²) in [6, 6.07) is 17.1. The summed E-state index contributed by atoms with van der Waals surface area (Å²) in [5.74, 6) is 1.08. The molecule has 1 N–H and O–H groups in total. The molecular weight excluding hydrogens is 350 g/mol. The predicted molar refractivity (Wildman–Crippen MR) is 99.9 cm³/mol. The molecule has 3 rings (SSSR count). The van der Waals surface area contributed by atoms with Crippen LogP contribution >= 0.6 is 11.8 Å². The first-order valence-electron chi connectivity index (χ1n) is 8.12. The average Bonchev–Trinajstić information content (AvgIpc) is 3.15. The lowest BCUT2D eigenvalue weighted by atomic mass is 10.2. The van der Waals surface area contributed by atoms with Crippen molar-refractivity contribution in [3.05, 3.63) is 60.2 Å². The molecule has 3 aromatic rings. The summed E-state index contributed by atoms with van der Waals surface area (Å²) in [5, 5.41) is 11.0. The number of nitrogens with zero attached hydrogens (tertiary/aromatic N) is 2. The summed E-state index contributed by atoms with van der Waals surface area (Å²) >= 11 is 1.23. The molecule has 0 aliphatic carbocycles. The van der Waals surface area contributed by atoms with Gasteiger partial charge in [-0.1, -0.05) is 42.1 Å². The first kappa shape index (κ1) is 18.0. The van der Waals surface area contributed by atoms with Gasteiger partial charge in [-0.2, -0.15) is 0 Å². The van der Waals surface area contributed by atoms with Crippen molar-refractivity contribution in [2.24, 2.45) is 0 Å². The molecule has 134 valence electrons. The summed E-state index contributed by atoms with van der Waals surface area (Å²) in [6.45, 7) is 2.30. The number of nitrogens with one attached hydrogen (secondary N) is 1. The van der Waals surface area contributed by atoms with Gasteiger partial charge in [0.05, 0.1) is 12.4 Å². The minimum atomic E-state index is -0.345. The lowest BCUT2D eigenvalue weighted by Crippen LogP contribution is -2.30. The van der Waals surface area contributed by atoms with Crippen molar-refractivity contribution in [1.29, 1.82) is 0 Å². The molecule has 26 heavy (non-hydrogen) atoms. The Bertz CT molecular complexity index is 850. The summed E-state index contributed by atoms with van der Waals surface area (Å²) in [6.07, 6.45) is 0. The predicted octanol–water partition coefficient (Wildman–Crippen LogP) is 3.54. The van der Waals surface area contributed by atoms with Crippen LogP contribution < -0.4 is 10.1 Å². The minimum Gasteiger partial charge on any atom is -0.497 e. The van der Waals surface area contributed by atoms with Crippen molar-refractivity contribution in [2.75, 3.05) is 7.11 Å². The zero-order chi connectivity index (χ0) is 18.4. The third kappa shape index (κ3) is 4.64. The lowest BCUT2D eigenvalue weighted by Gasteiger charge is -2.09. The Balaban J connectivity index is 1.56. The van der Waals surface area contributed by atoms with Crippen molar-refractivity contribution in [3.8, 4) is 17.2 Å². The van der Waals surface area contributed by atoms with Crippen molar-refractivity contribution < 1.29 is 13.9 Å². The first-order valence-corrected chi connectivity index (χ1v) is 9.00. The van der Waals surface area contributed by atoms with E-state index in [2.05, 4.69) is 15.5 Å². The summed E-state index contributed by atoms with van der Waals surface area (Å²) < 4.78 is 10.8. The minimum absolute atomic E-state index is 0.0805. The first-order chi connectivity index (χ1) is 12.7. The Kier molecular flexibility index (Phi) is 5.91. The van der Waals surface area contributed by atoms with Gasteiger partial charge >= 0.3 is 0 Å². The highest BCUT2D eigenvalue weighted by molar-refractivity contribution is 8.00. The number of rotatable bonds is 7. The molecular formula is C19H19N3O3S. The monoisotopic (exact) mass is 369 g/mol. The molecule has 0 aliphatic heterocycles. The molecule has 0 aliphatic rings. The number of ether oxygens (including phenoxy) is 1. The zero-order valence-electron chi connectivity index (χ0n) is 14.5. The SMILES string of the molecule is COc1ccc(-c2nnc(S[C@H](C)C(=O)NCc3ccccc3)o2)cc1.